The molecule has 8 heteroatoms. The Kier molecular flexibility index (Phi) is 5.08. The van der Waals surface area contributed by atoms with Crippen LogP contribution in [-0.4, -0.2) is 20.1 Å². The predicted octanol–water partition coefficient (Wildman–Crippen LogP) is 0.311. The van der Waals surface area contributed by atoms with E-state index in [-0.39, 0.29) is 4.90 Å². The summed E-state index contributed by atoms with van der Waals surface area (Å²) in [6, 6.07) is 5.95. The van der Waals surface area contributed by atoms with Gasteiger partial charge in [0.15, 0.2) is 5.11 Å². The molecule has 0 radical (unpaired) electrons. The van der Waals surface area contributed by atoms with E-state index in [9.17, 15) is 8.42 Å². The number of hydrazine groups is 1. The smallest absolute Gasteiger partial charge is 0.238 e. The number of hydrogen-bond acceptors (Lipinski definition) is 4. The van der Waals surface area contributed by atoms with Crippen LogP contribution in [0.15, 0.2) is 41.8 Å². The molecule has 1 aromatic rings. The van der Waals surface area contributed by atoms with Crippen LogP contribution >= 0.6 is 12.2 Å². The van der Waals surface area contributed by atoms with E-state index in [4.69, 9.17) is 17.4 Å². The Morgan fingerprint density at radius 2 is 2.00 bits per heavy atom. The summed E-state index contributed by atoms with van der Waals surface area (Å²) in [5.74, 6) is 0. The lowest BCUT2D eigenvalue weighted by Gasteiger charge is -2.11. The number of rotatable bonds is 5. The van der Waals surface area contributed by atoms with Crippen molar-refractivity contribution in [2.24, 2.45) is 5.14 Å². The van der Waals surface area contributed by atoms with E-state index in [1.54, 1.807) is 18.2 Å². The number of benzene rings is 1. The molecule has 1 rings (SSSR count). The molecule has 0 bridgehead atoms. The van der Waals surface area contributed by atoms with Crippen molar-refractivity contribution in [3.63, 3.8) is 0 Å². The number of nitrogens with two attached hydrogens (primary N) is 1. The van der Waals surface area contributed by atoms with Crippen LogP contribution in [0, 0.1) is 0 Å². The van der Waals surface area contributed by atoms with Crippen molar-refractivity contribution in [1.29, 1.82) is 0 Å². The van der Waals surface area contributed by atoms with Crippen LogP contribution in [-0.2, 0) is 10.0 Å². The van der Waals surface area contributed by atoms with Crippen LogP contribution < -0.4 is 21.3 Å². The monoisotopic (exact) mass is 286 g/mol. The highest BCUT2D eigenvalue weighted by atomic mass is 32.2. The molecule has 6 nitrogen and oxygen atoms in total. The van der Waals surface area contributed by atoms with Crippen molar-refractivity contribution in [3.05, 3.63) is 36.9 Å². The first-order valence-electron chi connectivity index (χ1n) is 4.97. The quantitative estimate of drug-likeness (QED) is 0.353. The van der Waals surface area contributed by atoms with Crippen LogP contribution in [0.4, 0.5) is 5.69 Å². The van der Waals surface area contributed by atoms with Gasteiger partial charge in [0.25, 0.3) is 0 Å². The third-order valence-electron chi connectivity index (χ3n) is 1.91. The van der Waals surface area contributed by atoms with Crippen LogP contribution in [0.5, 0.6) is 0 Å². The van der Waals surface area contributed by atoms with Crippen LogP contribution in [0.3, 0.4) is 0 Å². The summed E-state index contributed by atoms with van der Waals surface area (Å²) in [4.78, 5) is 0.0559. The van der Waals surface area contributed by atoms with Crippen molar-refractivity contribution in [2.75, 3.05) is 12.0 Å². The van der Waals surface area contributed by atoms with Gasteiger partial charge in [-0.2, -0.15) is 0 Å². The van der Waals surface area contributed by atoms with Gasteiger partial charge in [-0.15, -0.1) is 6.58 Å². The van der Waals surface area contributed by atoms with Gasteiger partial charge in [-0.1, -0.05) is 6.08 Å². The summed E-state index contributed by atoms with van der Waals surface area (Å²) in [5, 5.41) is 8.25. The first kappa shape index (κ1) is 14.4. The molecule has 0 amide bonds. The maximum Gasteiger partial charge on any atom is 0.238 e. The lowest BCUT2D eigenvalue weighted by atomic mass is 10.3. The number of nitrogens with one attached hydrogen (secondary N) is 3. The van der Waals surface area contributed by atoms with E-state index in [1.807, 2.05) is 0 Å². The number of primary sulfonamides is 1. The molecule has 0 aromatic heterocycles. The fourth-order valence-electron chi connectivity index (χ4n) is 1.07. The summed E-state index contributed by atoms with van der Waals surface area (Å²) in [6.07, 6.45) is 1.68. The second-order valence-electron chi connectivity index (χ2n) is 3.32. The third kappa shape index (κ3) is 4.70. The van der Waals surface area contributed by atoms with Gasteiger partial charge in [0.1, 0.15) is 0 Å². The zero-order valence-electron chi connectivity index (χ0n) is 9.51. The minimum absolute atomic E-state index is 0.0559. The fourth-order valence-corrected chi connectivity index (χ4v) is 1.72. The molecular weight excluding hydrogens is 272 g/mol. The van der Waals surface area contributed by atoms with Crippen molar-refractivity contribution >= 4 is 33.0 Å². The standard InChI is InChI=1S/C10H14N4O2S2/c1-2-7-12-10(17)14-13-8-3-5-9(6-4-8)18(11,15)16/h2-6,13H,1,7H2,(H2,11,15,16)(H2,12,14,17). The Labute approximate surface area is 111 Å². The molecule has 18 heavy (non-hydrogen) atoms. The molecule has 0 heterocycles. The van der Waals surface area contributed by atoms with E-state index in [0.717, 1.165) is 0 Å². The summed E-state index contributed by atoms with van der Waals surface area (Å²) in [6.45, 7) is 4.10. The van der Waals surface area contributed by atoms with E-state index < -0.39 is 10.0 Å². The molecule has 0 saturated heterocycles. The van der Waals surface area contributed by atoms with Gasteiger partial charge in [-0.25, -0.2) is 13.6 Å². The van der Waals surface area contributed by atoms with E-state index >= 15 is 0 Å². The van der Waals surface area contributed by atoms with E-state index in [0.29, 0.717) is 17.3 Å². The minimum atomic E-state index is -3.66. The van der Waals surface area contributed by atoms with Crippen molar-refractivity contribution in [2.45, 2.75) is 4.90 Å². The Bertz CT molecular complexity index is 525. The summed E-state index contributed by atoms with van der Waals surface area (Å²) < 4.78 is 22.1. The minimum Gasteiger partial charge on any atom is -0.358 e. The molecule has 0 saturated carbocycles. The van der Waals surface area contributed by atoms with Gasteiger partial charge in [0.05, 0.1) is 10.6 Å². The summed E-state index contributed by atoms with van der Waals surface area (Å²) >= 11 is 4.96. The first-order valence-corrected chi connectivity index (χ1v) is 6.92. The van der Waals surface area contributed by atoms with Gasteiger partial charge in [0.2, 0.25) is 10.0 Å². The van der Waals surface area contributed by atoms with Gasteiger partial charge < -0.3 is 5.32 Å². The largest absolute Gasteiger partial charge is 0.358 e. The lowest BCUT2D eigenvalue weighted by molar-refractivity contribution is 0.598. The van der Waals surface area contributed by atoms with Crippen LogP contribution in [0.2, 0.25) is 0 Å². The van der Waals surface area contributed by atoms with Gasteiger partial charge >= 0.3 is 0 Å². The normalized spacial score (nSPS) is 10.5. The molecule has 0 aliphatic carbocycles. The predicted molar refractivity (Wildman–Crippen MR) is 75.4 cm³/mol. The van der Waals surface area contributed by atoms with Crippen molar-refractivity contribution in [1.82, 2.24) is 10.7 Å². The highest BCUT2D eigenvalue weighted by molar-refractivity contribution is 7.89. The molecule has 98 valence electrons. The highest BCUT2D eigenvalue weighted by Gasteiger charge is 2.06. The molecular formula is C10H14N4O2S2. The average Bonchev–Trinajstić information content (AvgIpc) is 2.33. The molecule has 5 N–H and O–H groups in total. The molecule has 0 fully saturated rings. The molecule has 0 aliphatic heterocycles. The maximum atomic E-state index is 11.0. The first-order chi connectivity index (χ1) is 8.43. The van der Waals surface area contributed by atoms with Gasteiger partial charge in [0, 0.05) is 6.54 Å². The average molecular weight is 286 g/mol. The number of sulfonamides is 1. The third-order valence-corrected chi connectivity index (χ3v) is 3.09. The Morgan fingerprint density at radius 3 is 2.50 bits per heavy atom. The second-order valence-corrected chi connectivity index (χ2v) is 5.29. The number of thiocarbonyl (C=S) groups is 1. The second kappa shape index (κ2) is 6.34. The fraction of sp³-hybridized carbons (Fsp3) is 0.100. The summed E-state index contributed by atoms with van der Waals surface area (Å²) in [7, 11) is -3.66. The zero-order chi connectivity index (χ0) is 13.6. The zero-order valence-corrected chi connectivity index (χ0v) is 11.1. The molecule has 0 unspecified atom stereocenters. The SMILES string of the molecule is C=CCNC(=S)NNc1ccc(S(N)(=O)=O)cc1. The topological polar surface area (TPSA) is 96.2 Å². The number of hydrogen-bond donors (Lipinski definition) is 4. The highest BCUT2D eigenvalue weighted by Crippen LogP contribution is 2.11. The molecule has 0 atom stereocenters. The van der Waals surface area contributed by atoms with Gasteiger partial charge in [-0.3, -0.25) is 10.9 Å². The lowest BCUT2D eigenvalue weighted by Crippen LogP contribution is -2.38. The van der Waals surface area contributed by atoms with E-state index in [2.05, 4.69) is 22.7 Å². The van der Waals surface area contributed by atoms with Crippen molar-refractivity contribution < 1.29 is 8.42 Å². The van der Waals surface area contributed by atoms with Crippen LogP contribution in [0.25, 0.3) is 0 Å². The Balaban J connectivity index is 2.54. The molecule has 1 aromatic carbocycles. The van der Waals surface area contributed by atoms with Crippen molar-refractivity contribution in [3.8, 4) is 0 Å². The Morgan fingerprint density at radius 1 is 1.39 bits per heavy atom. The Hall–Kier alpha value is -1.64. The van der Waals surface area contributed by atoms with Crippen LogP contribution in [0.1, 0.15) is 0 Å². The summed E-state index contributed by atoms with van der Waals surface area (Å²) in [5.41, 5.74) is 6.20. The molecule has 0 spiro atoms. The molecule has 0 aliphatic rings. The van der Waals surface area contributed by atoms with E-state index in [1.165, 1.54) is 12.1 Å². The maximum absolute atomic E-state index is 11.0. The number of anilines is 1. The van der Waals surface area contributed by atoms with Gasteiger partial charge in [-0.05, 0) is 36.5 Å².